The number of nitrogens with zero attached hydrogens (tertiary/aromatic N) is 2. The van der Waals surface area contributed by atoms with Crippen molar-refractivity contribution < 1.29 is 9.72 Å². The second-order valence-electron chi connectivity index (χ2n) is 5.32. The number of carbonyl (C=O) groups is 1. The number of nitrogens with one attached hydrogen (secondary N) is 1. The van der Waals surface area contributed by atoms with Crippen LogP contribution in [0.25, 0.3) is 0 Å². The van der Waals surface area contributed by atoms with E-state index in [4.69, 9.17) is 5.73 Å². The predicted octanol–water partition coefficient (Wildman–Crippen LogP) is 0.874. The highest BCUT2D eigenvalue weighted by molar-refractivity contribution is 6.00. The SMILES string of the molecule is NCC1CCN(c2cc3c(cc2[N+](=O)[O-])CC(=O)N3)C1. The molecule has 2 heterocycles. The van der Waals surface area contributed by atoms with Crippen molar-refractivity contribution >= 4 is 23.0 Å². The van der Waals surface area contributed by atoms with Crippen molar-refractivity contribution in [3.63, 3.8) is 0 Å². The number of hydrogen-bond acceptors (Lipinski definition) is 5. The Morgan fingerprint density at radius 3 is 2.95 bits per heavy atom. The molecular weight excluding hydrogens is 260 g/mol. The zero-order valence-corrected chi connectivity index (χ0v) is 11.0. The van der Waals surface area contributed by atoms with E-state index in [9.17, 15) is 14.9 Å². The maximum atomic E-state index is 11.4. The fourth-order valence-electron chi connectivity index (χ4n) is 2.89. The normalized spacial score (nSPS) is 20.9. The van der Waals surface area contributed by atoms with Crippen molar-refractivity contribution in [1.29, 1.82) is 0 Å². The Labute approximate surface area is 115 Å². The van der Waals surface area contributed by atoms with Crippen LogP contribution in [0.3, 0.4) is 0 Å². The maximum Gasteiger partial charge on any atom is 0.292 e. The summed E-state index contributed by atoms with van der Waals surface area (Å²) in [6.07, 6.45) is 1.15. The molecule has 106 valence electrons. The molecule has 7 nitrogen and oxygen atoms in total. The summed E-state index contributed by atoms with van der Waals surface area (Å²) >= 11 is 0. The number of nitro benzene ring substituents is 1. The number of rotatable bonds is 3. The van der Waals surface area contributed by atoms with Gasteiger partial charge in [-0.25, -0.2) is 0 Å². The summed E-state index contributed by atoms with van der Waals surface area (Å²) in [6, 6.07) is 3.23. The molecule has 1 atom stereocenters. The predicted molar refractivity (Wildman–Crippen MR) is 74.8 cm³/mol. The molecule has 1 saturated heterocycles. The van der Waals surface area contributed by atoms with Gasteiger partial charge in [-0.05, 0) is 30.5 Å². The molecule has 0 aliphatic carbocycles. The standard InChI is InChI=1S/C13H16N4O3/c14-6-8-1-2-16(7-8)11-5-10-9(4-13(18)15-10)3-12(11)17(19)20/h3,5,8H,1-2,4,6-7,14H2,(H,15,18). The van der Waals surface area contributed by atoms with Crippen LogP contribution >= 0.6 is 0 Å². The van der Waals surface area contributed by atoms with Gasteiger partial charge in [0.2, 0.25) is 5.91 Å². The van der Waals surface area contributed by atoms with E-state index in [1.807, 2.05) is 4.90 Å². The van der Waals surface area contributed by atoms with Gasteiger partial charge in [-0.1, -0.05) is 0 Å². The van der Waals surface area contributed by atoms with Crippen molar-refractivity contribution in [2.24, 2.45) is 11.7 Å². The highest BCUT2D eigenvalue weighted by Crippen LogP contribution is 2.38. The first-order chi connectivity index (χ1) is 9.58. The second-order valence-corrected chi connectivity index (χ2v) is 5.32. The number of fused-ring (bicyclic) bond motifs is 1. The quantitative estimate of drug-likeness (QED) is 0.630. The summed E-state index contributed by atoms with van der Waals surface area (Å²) in [5.41, 5.74) is 7.69. The Morgan fingerprint density at radius 2 is 2.30 bits per heavy atom. The van der Waals surface area contributed by atoms with E-state index in [1.165, 1.54) is 6.07 Å². The van der Waals surface area contributed by atoms with Crippen molar-refractivity contribution in [3.8, 4) is 0 Å². The first-order valence-corrected chi connectivity index (χ1v) is 6.64. The lowest BCUT2D eigenvalue weighted by Gasteiger charge is -2.19. The monoisotopic (exact) mass is 276 g/mol. The van der Waals surface area contributed by atoms with Crippen LogP contribution in [0.1, 0.15) is 12.0 Å². The molecular formula is C13H16N4O3. The summed E-state index contributed by atoms with van der Waals surface area (Å²) in [5, 5.41) is 14.0. The highest BCUT2D eigenvalue weighted by Gasteiger charge is 2.30. The number of benzene rings is 1. The lowest BCUT2D eigenvalue weighted by Crippen LogP contribution is -2.23. The average Bonchev–Trinajstić information content (AvgIpc) is 3.01. The molecule has 1 unspecified atom stereocenters. The Morgan fingerprint density at radius 1 is 1.50 bits per heavy atom. The molecule has 0 radical (unpaired) electrons. The minimum atomic E-state index is -0.381. The van der Waals surface area contributed by atoms with Gasteiger partial charge in [0.15, 0.2) is 0 Å². The fourth-order valence-corrected chi connectivity index (χ4v) is 2.89. The molecule has 3 N–H and O–H groups in total. The van der Waals surface area contributed by atoms with Crippen LogP contribution in [0.15, 0.2) is 12.1 Å². The van der Waals surface area contributed by atoms with Crippen molar-refractivity contribution in [2.75, 3.05) is 29.9 Å². The molecule has 1 aromatic rings. The number of carbonyl (C=O) groups excluding carboxylic acids is 1. The van der Waals surface area contributed by atoms with E-state index in [0.717, 1.165) is 19.5 Å². The number of anilines is 2. The molecule has 1 fully saturated rings. The minimum absolute atomic E-state index is 0.0675. The molecule has 1 amide bonds. The Kier molecular flexibility index (Phi) is 3.06. The maximum absolute atomic E-state index is 11.4. The van der Waals surface area contributed by atoms with Gasteiger partial charge >= 0.3 is 0 Å². The third-order valence-corrected chi connectivity index (χ3v) is 3.98. The number of nitrogens with two attached hydrogens (primary N) is 1. The molecule has 3 rings (SSSR count). The summed E-state index contributed by atoms with van der Waals surface area (Å²) in [4.78, 5) is 24.3. The van der Waals surface area contributed by atoms with Crippen molar-refractivity contribution in [3.05, 3.63) is 27.8 Å². The largest absolute Gasteiger partial charge is 0.366 e. The topological polar surface area (TPSA) is 102 Å². The third kappa shape index (κ3) is 2.09. The van der Waals surface area contributed by atoms with E-state index >= 15 is 0 Å². The minimum Gasteiger partial charge on any atom is -0.366 e. The van der Waals surface area contributed by atoms with Gasteiger partial charge in [-0.2, -0.15) is 0 Å². The van der Waals surface area contributed by atoms with Gasteiger partial charge in [-0.15, -0.1) is 0 Å². The van der Waals surface area contributed by atoms with Gasteiger partial charge < -0.3 is 16.0 Å². The number of nitro groups is 1. The summed E-state index contributed by atoms with van der Waals surface area (Å²) in [5.74, 6) is 0.255. The van der Waals surface area contributed by atoms with Crippen LogP contribution in [0, 0.1) is 16.0 Å². The zero-order valence-electron chi connectivity index (χ0n) is 11.0. The molecule has 0 saturated carbocycles. The van der Waals surface area contributed by atoms with Crippen molar-refractivity contribution in [1.82, 2.24) is 0 Å². The van der Waals surface area contributed by atoms with E-state index < -0.39 is 0 Å². The molecule has 1 aromatic carbocycles. The third-order valence-electron chi connectivity index (χ3n) is 3.98. The van der Waals surface area contributed by atoms with E-state index in [1.54, 1.807) is 6.07 Å². The van der Waals surface area contributed by atoms with Gasteiger partial charge in [0.1, 0.15) is 5.69 Å². The van der Waals surface area contributed by atoms with Gasteiger partial charge in [0.25, 0.3) is 5.69 Å². The Bertz CT molecular complexity index is 587. The van der Waals surface area contributed by atoms with Crippen LogP contribution in [0.5, 0.6) is 0 Å². The van der Waals surface area contributed by atoms with Gasteiger partial charge in [0, 0.05) is 24.8 Å². The zero-order chi connectivity index (χ0) is 14.3. The lowest BCUT2D eigenvalue weighted by atomic mass is 10.1. The van der Waals surface area contributed by atoms with E-state index in [2.05, 4.69) is 5.32 Å². The first-order valence-electron chi connectivity index (χ1n) is 6.64. The van der Waals surface area contributed by atoms with Crippen LogP contribution in [0.4, 0.5) is 17.1 Å². The smallest absolute Gasteiger partial charge is 0.292 e. The summed E-state index contributed by atoms with van der Waals surface area (Å²) in [6.45, 7) is 2.07. The summed E-state index contributed by atoms with van der Waals surface area (Å²) in [7, 11) is 0. The Balaban J connectivity index is 1.99. The van der Waals surface area contributed by atoms with E-state index in [-0.39, 0.29) is 22.9 Å². The van der Waals surface area contributed by atoms with Gasteiger partial charge in [-0.3, -0.25) is 14.9 Å². The Hall–Kier alpha value is -2.15. The van der Waals surface area contributed by atoms with Crippen molar-refractivity contribution in [2.45, 2.75) is 12.8 Å². The molecule has 2 aliphatic heterocycles. The molecule has 7 heteroatoms. The molecule has 20 heavy (non-hydrogen) atoms. The van der Waals surface area contributed by atoms with Crippen LogP contribution < -0.4 is 16.0 Å². The van der Waals surface area contributed by atoms with Gasteiger partial charge in [0.05, 0.1) is 11.3 Å². The molecule has 0 bridgehead atoms. The number of hydrogen-bond donors (Lipinski definition) is 2. The molecule has 0 spiro atoms. The highest BCUT2D eigenvalue weighted by atomic mass is 16.6. The van der Waals surface area contributed by atoms with Crippen LogP contribution in [-0.4, -0.2) is 30.5 Å². The second kappa shape index (κ2) is 4.75. The molecule has 0 aromatic heterocycles. The van der Waals surface area contributed by atoms with Crippen LogP contribution in [0.2, 0.25) is 0 Å². The lowest BCUT2D eigenvalue weighted by molar-refractivity contribution is -0.384. The first kappa shape index (κ1) is 12.9. The number of amides is 1. The summed E-state index contributed by atoms with van der Waals surface area (Å²) < 4.78 is 0. The fraction of sp³-hybridized carbons (Fsp3) is 0.462. The van der Waals surface area contributed by atoms with Crippen LogP contribution in [-0.2, 0) is 11.2 Å². The van der Waals surface area contributed by atoms with E-state index in [0.29, 0.717) is 29.4 Å². The molecule has 2 aliphatic rings. The average molecular weight is 276 g/mol.